The van der Waals surface area contributed by atoms with E-state index in [0.717, 1.165) is 10.2 Å². The second-order valence-corrected chi connectivity index (χ2v) is 2.99. The summed E-state index contributed by atoms with van der Waals surface area (Å²) in [6.07, 6.45) is -2.70. The van der Waals surface area contributed by atoms with Gasteiger partial charge in [0.25, 0.3) is 0 Å². The summed E-state index contributed by atoms with van der Waals surface area (Å²) < 4.78 is 37.0. The Morgan fingerprint density at radius 3 is 2.60 bits per heavy atom. The number of alkyl halides is 3. The monoisotopic (exact) mass is 263 g/mol. The van der Waals surface area contributed by atoms with E-state index in [1.54, 1.807) is 0 Å². The Labute approximate surface area is 96.8 Å². The predicted molar refractivity (Wildman–Crippen MR) is 53.3 cm³/mol. The highest BCUT2D eigenvalue weighted by Gasteiger charge is 2.30. The molecule has 2 heterocycles. The van der Waals surface area contributed by atoms with Crippen molar-refractivity contribution in [2.45, 2.75) is 25.8 Å². The van der Waals surface area contributed by atoms with Crippen LogP contribution in [0, 0.1) is 0 Å². The van der Waals surface area contributed by atoms with E-state index in [1.807, 2.05) is 0 Å². The number of hydrogen-bond acceptors (Lipinski definition) is 2. The van der Waals surface area contributed by atoms with E-state index in [4.69, 9.17) is 0 Å². The van der Waals surface area contributed by atoms with Crippen molar-refractivity contribution in [3.05, 3.63) is 17.5 Å². The van der Waals surface area contributed by atoms with Crippen molar-refractivity contribution in [3.63, 3.8) is 0 Å². The Bertz CT molecular complexity index is 324. The molecule has 88 valence electrons. The zero-order chi connectivity index (χ0) is 9.47. The number of rotatable bonds is 1. The molecule has 1 aromatic heterocycles. The highest BCUT2D eigenvalue weighted by atomic mass is 35.5. The fourth-order valence-electron chi connectivity index (χ4n) is 1.42. The first kappa shape index (κ1) is 14.5. The highest BCUT2D eigenvalue weighted by molar-refractivity contribution is 5.85. The lowest BCUT2D eigenvalue weighted by atomic mass is 10.3. The van der Waals surface area contributed by atoms with Crippen LogP contribution in [0.25, 0.3) is 0 Å². The van der Waals surface area contributed by atoms with E-state index in [1.165, 1.54) is 6.20 Å². The number of nitrogens with zero attached hydrogens (tertiary/aromatic N) is 2. The molecule has 1 N–H and O–H groups in total. The second kappa shape index (κ2) is 5.05. The normalized spacial score (nSPS) is 14.1. The number of nitrogens with one attached hydrogen (secondary N) is 1. The summed E-state index contributed by atoms with van der Waals surface area (Å²) in [5.74, 6) is 0. The first-order valence-electron chi connectivity index (χ1n) is 3.87. The minimum absolute atomic E-state index is 0. The maximum atomic E-state index is 12.0. The molecule has 0 radical (unpaired) electrons. The number of hydrogen-bond donors (Lipinski definition) is 1. The van der Waals surface area contributed by atoms with Gasteiger partial charge in [0.2, 0.25) is 0 Å². The summed E-state index contributed by atoms with van der Waals surface area (Å²) in [7, 11) is 0. The van der Waals surface area contributed by atoms with Crippen molar-refractivity contribution in [1.29, 1.82) is 0 Å². The molecule has 0 saturated heterocycles. The number of aromatic nitrogens is 2. The minimum atomic E-state index is -4.19. The molecule has 0 unspecified atom stereocenters. The molecule has 2 rings (SSSR count). The Kier molecular flexibility index (Phi) is 4.89. The van der Waals surface area contributed by atoms with Crippen LogP contribution in [0.4, 0.5) is 13.2 Å². The van der Waals surface area contributed by atoms with E-state index < -0.39 is 12.7 Å². The van der Waals surface area contributed by atoms with Gasteiger partial charge in [-0.1, -0.05) is 0 Å². The summed E-state index contributed by atoms with van der Waals surface area (Å²) in [6, 6.07) is 0. The fourth-order valence-corrected chi connectivity index (χ4v) is 1.42. The van der Waals surface area contributed by atoms with Crippen molar-refractivity contribution in [2.75, 3.05) is 0 Å². The van der Waals surface area contributed by atoms with Gasteiger partial charge in [0.1, 0.15) is 6.54 Å². The highest BCUT2D eigenvalue weighted by Crippen LogP contribution is 2.21. The summed E-state index contributed by atoms with van der Waals surface area (Å²) in [6.45, 7) is 0.0998. The van der Waals surface area contributed by atoms with Crippen LogP contribution in [0.1, 0.15) is 11.3 Å². The zero-order valence-corrected chi connectivity index (χ0v) is 9.18. The van der Waals surface area contributed by atoms with E-state index in [-0.39, 0.29) is 24.8 Å². The van der Waals surface area contributed by atoms with Crippen LogP contribution >= 0.6 is 24.8 Å². The van der Waals surface area contributed by atoms with Gasteiger partial charge in [-0.25, -0.2) is 0 Å². The topological polar surface area (TPSA) is 29.9 Å². The summed E-state index contributed by atoms with van der Waals surface area (Å²) in [5, 5.41) is 6.65. The lowest BCUT2D eigenvalue weighted by Gasteiger charge is -2.08. The van der Waals surface area contributed by atoms with Crippen molar-refractivity contribution >= 4 is 24.8 Å². The van der Waals surface area contributed by atoms with Gasteiger partial charge in [0, 0.05) is 18.7 Å². The van der Waals surface area contributed by atoms with E-state index in [2.05, 4.69) is 10.4 Å². The molecule has 15 heavy (non-hydrogen) atoms. The third kappa shape index (κ3) is 3.25. The van der Waals surface area contributed by atoms with Crippen LogP contribution in [-0.4, -0.2) is 16.0 Å². The first-order valence-corrected chi connectivity index (χ1v) is 3.87. The predicted octanol–water partition coefficient (Wildman–Crippen LogP) is 1.89. The van der Waals surface area contributed by atoms with Gasteiger partial charge in [0.05, 0.1) is 11.9 Å². The Morgan fingerprint density at radius 2 is 2.00 bits per heavy atom. The van der Waals surface area contributed by atoms with Crippen LogP contribution in [-0.2, 0) is 19.6 Å². The zero-order valence-electron chi connectivity index (χ0n) is 7.54. The molecule has 0 saturated carbocycles. The van der Waals surface area contributed by atoms with E-state index >= 15 is 0 Å². The average molecular weight is 264 g/mol. The van der Waals surface area contributed by atoms with E-state index in [9.17, 15) is 13.2 Å². The van der Waals surface area contributed by atoms with Crippen LogP contribution < -0.4 is 5.32 Å². The van der Waals surface area contributed by atoms with Crippen molar-refractivity contribution in [2.24, 2.45) is 0 Å². The van der Waals surface area contributed by atoms with Gasteiger partial charge in [-0.15, -0.1) is 24.8 Å². The van der Waals surface area contributed by atoms with Gasteiger partial charge >= 0.3 is 6.18 Å². The molecule has 8 heteroatoms. The molecule has 0 amide bonds. The van der Waals surface area contributed by atoms with Crippen LogP contribution in [0.5, 0.6) is 0 Å². The van der Waals surface area contributed by atoms with Gasteiger partial charge in [0.15, 0.2) is 0 Å². The lowest BCUT2D eigenvalue weighted by Crippen LogP contribution is -2.20. The van der Waals surface area contributed by atoms with Crippen LogP contribution in [0.3, 0.4) is 0 Å². The maximum absolute atomic E-state index is 12.0. The smallest absolute Gasteiger partial charge is 0.307 e. The van der Waals surface area contributed by atoms with Crippen LogP contribution in [0.2, 0.25) is 0 Å². The summed E-state index contributed by atoms with van der Waals surface area (Å²) in [5.41, 5.74) is 1.52. The molecule has 0 aliphatic carbocycles. The van der Waals surface area contributed by atoms with Crippen molar-refractivity contribution in [1.82, 2.24) is 15.1 Å². The van der Waals surface area contributed by atoms with E-state index in [0.29, 0.717) is 18.8 Å². The molecule has 1 aliphatic rings. The van der Waals surface area contributed by atoms with Crippen molar-refractivity contribution < 1.29 is 13.2 Å². The molecular formula is C7H10Cl2F3N3. The SMILES string of the molecule is Cl.Cl.FC(F)(F)Cn1ncc2c1CNC2. The standard InChI is InChI=1S/C7H8F3N3.2ClH/c8-7(9,10)4-13-6-3-11-1-5(6)2-12-13;;/h2,11H,1,3-4H2;2*1H. The molecule has 3 nitrogen and oxygen atoms in total. The molecule has 1 aromatic rings. The summed E-state index contributed by atoms with van der Waals surface area (Å²) >= 11 is 0. The van der Waals surface area contributed by atoms with Gasteiger partial charge in [-0.05, 0) is 0 Å². The average Bonchev–Trinajstić information content (AvgIpc) is 2.50. The third-order valence-corrected chi connectivity index (χ3v) is 1.97. The molecular weight excluding hydrogens is 254 g/mol. The van der Waals surface area contributed by atoms with Gasteiger partial charge < -0.3 is 5.32 Å². The van der Waals surface area contributed by atoms with Crippen molar-refractivity contribution in [3.8, 4) is 0 Å². The fraction of sp³-hybridized carbons (Fsp3) is 0.571. The first-order chi connectivity index (χ1) is 6.06. The second-order valence-electron chi connectivity index (χ2n) is 2.99. The molecule has 1 aliphatic heterocycles. The Balaban J connectivity index is 0.000000980. The molecule has 0 bridgehead atoms. The maximum Gasteiger partial charge on any atom is 0.408 e. The Morgan fingerprint density at radius 1 is 1.33 bits per heavy atom. The lowest BCUT2D eigenvalue weighted by molar-refractivity contribution is -0.143. The third-order valence-electron chi connectivity index (χ3n) is 1.97. The Hall–Kier alpha value is -0.460. The molecule has 0 aromatic carbocycles. The number of halogens is 5. The van der Waals surface area contributed by atoms with Crippen LogP contribution in [0.15, 0.2) is 6.20 Å². The van der Waals surface area contributed by atoms with Gasteiger partial charge in [-0.3, -0.25) is 4.68 Å². The quantitative estimate of drug-likeness (QED) is 0.839. The number of fused-ring (bicyclic) bond motifs is 1. The largest absolute Gasteiger partial charge is 0.408 e. The van der Waals surface area contributed by atoms with Gasteiger partial charge in [-0.2, -0.15) is 18.3 Å². The molecule has 0 atom stereocenters. The minimum Gasteiger partial charge on any atom is -0.307 e. The molecule has 0 fully saturated rings. The summed E-state index contributed by atoms with van der Waals surface area (Å²) in [4.78, 5) is 0. The molecule has 0 spiro atoms.